The minimum absolute atomic E-state index is 0.184. The van der Waals surface area contributed by atoms with Crippen LogP contribution in [-0.4, -0.2) is 31.5 Å². The second kappa shape index (κ2) is 5.39. The van der Waals surface area contributed by atoms with Crippen molar-refractivity contribution in [2.24, 2.45) is 0 Å². The second-order valence-electron chi connectivity index (χ2n) is 3.93. The summed E-state index contributed by atoms with van der Waals surface area (Å²) < 4.78 is 1.41. The van der Waals surface area contributed by atoms with Gasteiger partial charge in [0.05, 0.1) is 12.0 Å². The van der Waals surface area contributed by atoms with Gasteiger partial charge in [0.15, 0.2) is 11.4 Å². The van der Waals surface area contributed by atoms with Crippen LogP contribution in [0.1, 0.15) is 27.9 Å². The lowest BCUT2D eigenvalue weighted by Crippen LogP contribution is -2.21. The Morgan fingerprint density at radius 3 is 2.85 bits per heavy atom. The molecule has 0 aromatic carbocycles. The topological polar surface area (TPSA) is 117 Å². The molecule has 0 spiro atoms. The number of anilines is 1. The maximum absolute atomic E-state index is 11.9. The molecule has 1 amide bonds. The van der Waals surface area contributed by atoms with E-state index >= 15 is 0 Å². The van der Waals surface area contributed by atoms with Crippen molar-refractivity contribution in [2.45, 2.75) is 13.5 Å². The molecular formula is C12H12N4O4. The molecule has 2 aromatic heterocycles. The highest BCUT2D eigenvalue weighted by Gasteiger charge is 2.19. The predicted molar refractivity (Wildman–Crippen MR) is 69.9 cm³/mol. The Bertz CT molecular complexity index is 716. The fourth-order valence-electron chi connectivity index (χ4n) is 1.67. The van der Waals surface area contributed by atoms with Crippen molar-refractivity contribution in [2.75, 3.05) is 5.32 Å². The fourth-order valence-corrected chi connectivity index (χ4v) is 1.67. The van der Waals surface area contributed by atoms with Crippen LogP contribution in [0.3, 0.4) is 0 Å². The van der Waals surface area contributed by atoms with Crippen LogP contribution < -0.4 is 10.9 Å². The van der Waals surface area contributed by atoms with Gasteiger partial charge in [-0.2, -0.15) is 0 Å². The van der Waals surface area contributed by atoms with E-state index in [0.29, 0.717) is 12.2 Å². The Labute approximate surface area is 113 Å². The summed E-state index contributed by atoms with van der Waals surface area (Å²) in [5.41, 5.74) is -0.301. The lowest BCUT2D eigenvalue weighted by atomic mass is 10.3. The van der Waals surface area contributed by atoms with Crippen LogP contribution in [0.25, 0.3) is 0 Å². The summed E-state index contributed by atoms with van der Waals surface area (Å²) in [6, 6.07) is 2.77. The molecule has 20 heavy (non-hydrogen) atoms. The van der Waals surface area contributed by atoms with Crippen molar-refractivity contribution in [3.8, 4) is 0 Å². The third-order valence-electron chi connectivity index (χ3n) is 2.65. The van der Waals surface area contributed by atoms with E-state index in [2.05, 4.69) is 15.3 Å². The number of nitrogens with one attached hydrogen (secondary N) is 2. The lowest BCUT2D eigenvalue weighted by molar-refractivity contribution is 0.0686. The number of hydrogen-bond donors (Lipinski definition) is 3. The van der Waals surface area contributed by atoms with E-state index in [0.717, 1.165) is 6.33 Å². The van der Waals surface area contributed by atoms with Crippen LogP contribution in [0.4, 0.5) is 5.69 Å². The summed E-state index contributed by atoms with van der Waals surface area (Å²) in [6.45, 7) is 2.26. The molecule has 0 aliphatic carbocycles. The van der Waals surface area contributed by atoms with Gasteiger partial charge in [0.1, 0.15) is 0 Å². The van der Waals surface area contributed by atoms with Crippen molar-refractivity contribution in [3.63, 3.8) is 0 Å². The first-order valence-corrected chi connectivity index (χ1v) is 5.81. The summed E-state index contributed by atoms with van der Waals surface area (Å²) in [7, 11) is 0. The Morgan fingerprint density at radius 2 is 2.20 bits per heavy atom. The summed E-state index contributed by atoms with van der Waals surface area (Å²) in [5.74, 6) is -1.93. The molecule has 8 heteroatoms. The Balaban J connectivity index is 2.26. The number of rotatable bonds is 4. The molecule has 3 N–H and O–H groups in total. The quantitative estimate of drug-likeness (QED) is 0.753. The van der Waals surface area contributed by atoms with Crippen LogP contribution in [0.15, 0.2) is 29.5 Å². The number of hydrogen-bond acceptors (Lipinski definition) is 4. The van der Waals surface area contributed by atoms with E-state index in [1.165, 1.54) is 22.9 Å². The van der Waals surface area contributed by atoms with E-state index in [4.69, 9.17) is 5.11 Å². The highest BCUT2D eigenvalue weighted by Crippen LogP contribution is 2.08. The monoisotopic (exact) mass is 276 g/mol. The van der Waals surface area contributed by atoms with Gasteiger partial charge in [0.2, 0.25) is 0 Å². The summed E-state index contributed by atoms with van der Waals surface area (Å²) in [5, 5.41) is 11.4. The fraction of sp³-hybridized carbons (Fsp3) is 0.167. The maximum Gasteiger partial charge on any atom is 0.354 e. The number of H-pyrrole nitrogens is 1. The molecule has 0 saturated carbocycles. The predicted octanol–water partition coefficient (Wildman–Crippen LogP) is 0.542. The van der Waals surface area contributed by atoms with E-state index in [-0.39, 0.29) is 16.9 Å². The van der Waals surface area contributed by atoms with Crippen molar-refractivity contribution in [3.05, 3.63) is 46.4 Å². The Hall–Kier alpha value is -2.90. The molecular weight excluding hydrogens is 264 g/mol. The number of amides is 1. The average molecular weight is 276 g/mol. The summed E-state index contributed by atoms with van der Waals surface area (Å²) >= 11 is 0. The Morgan fingerprint density at radius 1 is 1.45 bits per heavy atom. The highest BCUT2D eigenvalue weighted by atomic mass is 16.4. The molecule has 0 aliphatic heterocycles. The van der Waals surface area contributed by atoms with Crippen molar-refractivity contribution >= 4 is 17.6 Å². The molecule has 104 valence electrons. The standard InChI is InChI=1S/C12H12N4O4/c1-2-16-5-7(3-4-8(16)17)15-11(18)9-10(12(19)20)14-6-13-9/h3-6H,2H2,1H3,(H,13,14)(H,15,18)(H,19,20). The van der Waals surface area contributed by atoms with E-state index < -0.39 is 11.9 Å². The van der Waals surface area contributed by atoms with Crippen molar-refractivity contribution < 1.29 is 14.7 Å². The number of aromatic carboxylic acids is 1. The zero-order valence-electron chi connectivity index (χ0n) is 10.6. The van der Waals surface area contributed by atoms with Gasteiger partial charge in [-0.25, -0.2) is 9.78 Å². The molecule has 0 saturated heterocycles. The summed E-state index contributed by atoms with van der Waals surface area (Å²) in [4.78, 5) is 40.3. The zero-order chi connectivity index (χ0) is 14.7. The van der Waals surface area contributed by atoms with Gasteiger partial charge in [-0.05, 0) is 13.0 Å². The minimum Gasteiger partial charge on any atom is -0.477 e. The van der Waals surface area contributed by atoms with E-state index in [1.807, 2.05) is 0 Å². The Kier molecular flexibility index (Phi) is 3.65. The number of aromatic amines is 1. The molecule has 0 unspecified atom stereocenters. The number of carboxylic acid groups (broad SMARTS) is 1. The molecule has 0 bridgehead atoms. The number of aryl methyl sites for hydroxylation is 1. The molecule has 2 heterocycles. The molecule has 2 rings (SSSR count). The molecule has 0 aliphatic rings. The largest absolute Gasteiger partial charge is 0.477 e. The lowest BCUT2D eigenvalue weighted by Gasteiger charge is -2.07. The highest BCUT2D eigenvalue weighted by molar-refractivity contribution is 6.08. The third-order valence-corrected chi connectivity index (χ3v) is 2.65. The number of aromatic nitrogens is 3. The van der Waals surface area contributed by atoms with Gasteiger partial charge in [-0.15, -0.1) is 0 Å². The number of imidazole rings is 1. The number of carboxylic acids is 1. The molecule has 2 aromatic rings. The maximum atomic E-state index is 11.9. The van der Waals surface area contributed by atoms with Crippen molar-refractivity contribution in [1.82, 2.24) is 14.5 Å². The van der Waals surface area contributed by atoms with E-state index in [9.17, 15) is 14.4 Å². The van der Waals surface area contributed by atoms with Crippen LogP contribution in [0.5, 0.6) is 0 Å². The third kappa shape index (κ3) is 2.58. The molecule has 8 nitrogen and oxygen atoms in total. The minimum atomic E-state index is -1.27. The average Bonchev–Trinajstić information content (AvgIpc) is 2.90. The summed E-state index contributed by atoms with van der Waals surface area (Å²) in [6.07, 6.45) is 2.61. The van der Waals surface area contributed by atoms with Crippen LogP contribution in [0, 0.1) is 0 Å². The van der Waals surface area contributed by atoms with Crippen LogP contribution in [0.2, 0.25) is 0 Å². The van der Waals surface area contributed by atoms with Gasteiger partial charge in [0, 0.05) is 18.8 Å². The van der Waals surface area contributed by atoms with Crippen molar-refractivity contribution in [1.29, 1.82) is 0 Å². The zero-order valence-corrected chi connectivity index (χ0v) is 10.6. The number of pyridine rings is 1. The molecule has 0 fully saturated rings. The van der Waals surface area contributed by atoms with Crippen LogP contribution >= 0.6 is 0 Å². The number of nitrogens with zero attached hydrogens (tertiary/aromatic N) is 2. The van der Waals surface area contributed by atoms with E-state index in [1.54, 1.807) is 6.92 Å². The molecule has 0 atom stereocenters. The van der Waals surface area contributed by atoms with Gasteiger partial charge >= 0.3 is 5.97 Å². The SMILES string of the molecule is CCn1cc(NC(=O)c2nc[nH]c2C(=O)O)ccc1=O. The number of carbonyl (C=O) groups excluding carboxylic acids is 1. The van der Waals surface area contributed by atoms with Crippen LogP contribution in [-0.2, 0) is 6.54 Å². The normalized spacial score (nSPS) is 10.2. The van der Waals surface area contributed by atoms with Gasteiger partial charge < -0.3 is 20.0 Å². The number of carbonyl (C=O) groups is 2. The van der Waals surface area contributed by atoms with Gasteiger partial charge in [-0.1, -0.05) is 0 Å². The first-order valence-electron chi connectivity index (χ1n) is 5.81. The first-order chi connectivity index (χ1) is 9.52. The van der Waals surface area contributed by atoms with Gasteiger partial charge in [0.25, 0.3) is 11.5 Å². The van der Waals surface area contributed by atoms with Gasteiger partial charge in [-0.3, -0.25) is 9.59 Å². The first kappa shape index (κ1) is 13.5. The smallest absolute Gasteiger partial charge is 0.354 e. The molecule has 0 radical (unpaired) electrons. The second-order valence-corrected chi connectivity index (χ2v) is 3.93.